The molecule has 1 aromatic rings. The fourth-order valence-electron chi connectivity index (χ4n) is 4.16. The number of hydrogen-bond acceptors (Lipinski definition) is 13. The Morgan fingerprint density at radius 3 is 2.45 bits per heavy atom. The van der Waals surface area contributed by atoms with Crippen LogP contribution in [0.25, 0.3) is 0 Å². The van der Waals surface area contributed by atoms with Crippen LogP contribution < -0.4 is 0 Å². The third-order valence-electron chi connectivity index (χ3n) is 6.29. The van der Waals surface area contributed by atoms with Crippen LogP contribution in [0.3, 0.4) is 0 Å². The van der Waals surface area contributed by atoms with Gasteiger partial charge in [-0.05, 0) is 24.6 Å². The van der Waals surface area contributed by atoms with E-state index in [0.717, 1.165) is 13.4 Å². The quantitative estimate of drug-likeness (QED) is 0.131. The van der Waals surface area contributed by atoms with Gasteiger partial charge in [0.25, 0.3) is 0 Å². The maximum atomic E-state index is 12.7. The van der Waals surface area contributed by atoms with Crippen LogP contribution in [0.5, 0.6) is 11.5 Å². The van der Waals surface area contributed by atoms with E-state index in [1.54, 1.807) is 19.1 Å². The average Bonchev–Trinajstić information content (AvgIpc) is 2.90. The van der Waals surface area contributed by atoms with Gasteiger partial charge in [-0.2, -0.15) is 0 Å². The third kappa shape index (κ3) is 6.62. The lowest BCUT2D eigenvalue weighted by atomic mass is 9.86. The standard InChI is InChI=1S/C25H32O13/c1-3-13-14(9-19(29)35-7-6-12-4-5-16(27)17(28)8-12)15(23(33)34-2)11-36-24(13)38-25-22(32)21(31)20(30)18(10-26)37-25/h3-5,8,11,14,18,20-22,24-28,30-32H,6-7,9-10H2,1-2H3/b13-3+. The van der Waals surface area contributed by atoms with Crippen LogP contribution in [-0.2, 0) is 39.7 Å². The molecule has 2 aliphatic rings. The molecule has 0 spiro atoms. The molecule has 1 fully saturated rings. The molecule has 0 amide bonds. The minimum atomic E-state index is -1.69. The zero-order valence-corrected chi connectivity index (χ0v) is 20.8. The molecular formula is C25H32O13. The fourth-order valence-corrected chi connectivity index (χ4v) is 4.16. The van der Waals surface area contributed by atoms with Crippen LogP contribution in [-0.4, -0.2) is 99.9 Å². The van der Waals surface area contributed by atoms with Gasteiger partial charge in [-0.3, -0.25) is 4.79 Å². The van der Waals surface area contributed by atoms with E-state index >= 15 is 0 Å². The molecule has 7 atom stereocenters. The van der Waals surface area contributed by atoms with Crippen molar-refractivity contribution in [1.29, 1.82) is 0 Å². The number of ether oxygens (including phenoxy) is 5. The zero-order chi connectivity index (χ0) is 28.0. The molecule has 2 aliphatic heterocycles. The van der Waals surface area contributed by atoms with Gasteiger partial charge < -0.3 is 54.3 Å². The van der Waals surface area contributed by atoms with Gasteiger partial charge in [0.15, 0.2) is 17.8 Å². The molecular weight excluding hydrogens is 508 g/mol. The number of aromatic hydroxyl groups is 2. The maximum Gasteiger partial charge on any atom is 0.337 e. The summed E-state index contributed by atoms with van der Waals surface area (Å²) in [4.78, 5) is 25.1. The molecule has 0 saturated carbocycles. The summed E-state index contributed by atoms with van der Waals surface area (Å²) in [6.07, 6.45) is -6.39. The second kappa shape index (κ2) is 13.0. The lowest BCUT2D eigenvalue weighted by molar-refractivity contribution is -0.327. The van der Waals surface area contributed by atoms with E-state index in [1.807, 2.05) is 0 Å². The van der Waals surface area contributed by atoms with Crippen molar-refractivity contribution < 1.29 is 63.9 Å². The number of esters is 2. The molecule has 38 heavy (non-hydrogen) atoms. The molecule has 1 saturated heterocycles. The number of carbonyl (C=O) groups excluding carboxylic acids is 2. The Labute approximate surface area is 218 Å². The van der Waals surface area contributed by atoms with Crippen LogP contribution >= 0.6 is 0 Å². The lowest BCUT2D eigenvalue weighted by Gasteiger charge is -2.41. The van der Waals surface area contributed by atoms with Crippen LogP contribution in [0.4, 0.5) is 0 Å². The van der Waals surface area contributed by atoms with E-state index in [1.165, 1.54) is 12.1 Å². The number of phenols is 2. The first-order chi connectivity index (χ1) is 18.1. The van der Waals surface area contributed by atoms with Crippen molar-refractivity contribution in [3.8, 4) is 11.5 Å². The van der Waals surface area contributed by atoms with Gasteiger partial charge in [0.05, 0.1) is 38.6 Å². The van der Waals surface area contributed by atoms with Crippen molar-refractivity contribution in [1.82, 2.24) is 0 Å². The maximum absolute atomic E-state index is 12.7. The topological polar surface area (TPSA) is 202 Å². The Bertz CT molecular complexity index is 1050. The molecule has 7 unspecified atom stereocenters. The minimum Gasteiger partial charge on any atom is -0.504 e. The smallest absolute Gasteiger partial charge is 0.337 e. The summed E-state index contributed by atoms with van der Waals surface area (Å²) in [5.41, 5.74) is 0.927. The van der Waals surface area contributed by atoms with E-state index < -0.39 is 61.5 Å². The Morgan fingerprint density at radius 2 is 1.82 bits per heavy atom. The van der Waals surface area contributed by atoms with Gasteiger partial charge in [0.2, 0.25) is 6.29 Å². The van der Waals surface area contributed by atoms with Crippen molar-refractivity contribution in [2.24, 2.45) is 5.92 Å². The summed E-state index contributed by atoms with van der Waals surface area (Å²) < 4.78 is 26.7. The SMILES string of the molecule is C/C=C1/C(OC2OC(CO)C(O)C(O)C2O)OC=C(C(=O)OC)C1CC(=O)OCCc1ccc(O)c(O)c1. The number of benzene rings is 1. The van der Waals surface area contributed by atoms with Crippen molar-refractivity contribution >= 4 is 11.9 Å². The summed E-state index contributed by atoms with van der Waals surface area (Å²) in [6.45, 7) is 0.912. The largest absolute Gasteiger partial charge is 0.504 e. The molecule has 3 rings (SSSR count). The highest BCUT2D eigenvalue weighted by Crippen LogP contribution is 2.36. The molecule has 13 heteroatoms. The molecule has 210 valence electrons. The molecule has 0 aliphatic carbocycles. The molecule has 6 N–H and O–H groups in total. The Balaban J connectivity index is 1.71. The number of aliphatic hydroxyl groups excluding tert-OH is 4. The Kier molecular flexibility index (Phi) is 10.1. The Morgan fingerprint density at radius 1 is 1.08 bits per heavy atom. The zero-order valence-electron chi connectivity index (χ0n) is 20.8. The van der Waals surface area contributed by atoms with Gasteiger partial charge in [-0.25, -0.2) is 4.79 Å². The minimum absolute atomic E-state index is 0.00894. The third-order valence-corrected chi connectivity index (χ3v) is 6.29. The molecule has 0 radical (unpaired) electrons. The monoisotopic (exact) mass is 540 g/mol. The first-order valence-electron chi connectivity index (χ1n) is 11.8. The van der Waals surface area contributed by atoms with Crippen LogP contribution in [0.15, 0.2) is 41.7 Å². The molecule has 1 aromatic carbocycles. The van der Waals surface area contributed by atoms with Crippen molar-refractivity contribution in [2.45, 2.75) is 56.8 Å². The van der Waals surface area contributed by atoms with E-state index in [4.69, 9.17) is 23.7 Å². The summed E-state index contributed by atoms with van der Waals surface area (Å²) in [5.74, 6) is -2.89. The molecule has 0 aromatic heterocycles. The lowest BCUT2D eigenvalue weighted by Crippen LogP contribution is -2.60. The van der Waals surface area contributed by atoms with Gasteiger partial charge in [-0.15, -0.1) is 0 Å². The number of rotatable bonds is 9. The van der Waals surface area contributed by atoms with Crippen LogP contribution in [0.2, 0.25) is 0 Å². The number of aliphatic hydroxyl groups is 4. The van der Waals surface area contributed by atoms with Gasteiger partial charge in [-0.1, -0.05) is 12.1 Å². The fraction of sp³-hybridized carbons (Fsp3) is 0.520. The van der Waals surface area contributed by atoms with Gasteiger partial charge >= 0.3 is 11.9 Å². The number of hydrogen-bond donors (Lipinski definition) is 6. The Hall–Kier alpha value is -3.20. The highest BCUT2D eigenvalue weighted by molar-refractivity contribution is 5.90. The number of methoxy groups -OCH3 is 1. The van der Waals surface area contributed by atoms with Crippen molar-refractivity contribution in [2.75, 3.05) is 20.3 Å². The van der Waals surface area contributed by atoms with E-state index in [0.29, 0.717) is 11.1 Å². The normalized spacial score (nSPS) is 30.3. The number of allylic oxidation sites excluding steroid dienone is 1. The first kappa shape index (κ1) is 29.4. The second-order valence-corrected chi connectivity index (χ2v) is 8.71. The van der Waals surface area contributed by atoms with Crippen molar-refractivity contribution in [3.05, 3.63) is 47.2 Å². The second-order valence-electron chi connectivity index (χ2n) is 8.71. The summed E-state index contributed by atoms with van der Waals surface area (Å²) in [7, 11) is 1.16. The number of phenolic OH excluding ortho intramolecular Hbond substituents is 2. The van der Waals surface area contributed by atoms with Crippen LogP contribution in [0, 0.1) is 5.92 Å². The van der Waals surface area contributed by atoms with E-state index in [-0.39, 0.29) is 36.5 Å². The summed E-state index contributed by atoms with van der Waals surface area (Å²) >= 11 is 0. The predicted molar refractivity (Wildman–Crippen MR) is 126 cm³/mol. The van der Waals surface area contributed by atoms with E-state index in [2.05, 4.69) is 0 Å². The first-order valence-corrected chi connectivity index (χ1v) is 11.8. The van der Waals surface area contributed by atoms with Crippen LogP contribution in [0.1, 0.15) is 18.9 Å². The van der Waals surface area contributed by atoms with Gasteiger partial charge in [0, 0.05) is 17.9 Å². The highest BCUT2D eigenvalue weighted by Gasteiger charge is 2.46. The van der Waals surface area contributed by atoms with E-state index in [9.17, 15) is 40.2 Å². The molecule has 13 nitrogen and oxygen atoms in total. The average molecular weight is 541 g/mol. The molecule has 0 bridgehead atoms. The number of carbonyl (C=O) groups is 2. The molecule has 2 heterocycles. The summed E-state index contributed by atoms with van der Waals surface area (Å²) in [6, 6.07) is 4.23. The van der Waals surface area contributed by atoms with Gasteiger partial charge in [0.1, 0.15) is 24.4 Å². The highest BCUT2D eigenvalue weighted by atomic mass is 16.8. The summed E-state index contributed by atoms with van der Waals surface area (Å²) in [5, 5.41) is 58.8. The predicted octanol–water partition coefficient (Wildman–Crippen LogP) is -0.634. The van der Waals surface area contributed by atoms with Crippen molar-refractivity contribution in [3.63, 3.8) is 0 Å².